The predicted molar refractivity (Wildman–Crippen MR) is 68.2 cm³/mol. The molecule has 0 atom stereocenters. The quantitative estimate of drug-likeness (QED) is 0.486. The maximum atomic E-state index is 4.26. The molecule has 0 N–H and O–H groups in total. The molecule has 15 heavy (non-hydrogen) atoms. The van der Waals surface area contributed by atoms with Crippen LogP contribution < -0.4 is 0 Å². The van der Waals surface area contributed by atoms with Crippen molar-refractivity contribution in [2.75, 3.05) is 7.05 Å². The van der Waals surface area contributed by atoms with Crippen molar-refractivity contribution in [3.8, 4) is 0 Å². The van der Waals surface area contributed by atoms with E-state index >= 15 is 0 Å². The third kappa shape index (κ3) is 6.66. The Morgan fingerprint density at radius 3 is 2.60 bits per heavy atom. The summed E-state index contributed by atoms with van der Waals surface area (Å²) in [6.07, 6.45) is 8.15. The third-order valence-corrected chi connectivity index (χ3v) is 1.70. The summed E-state index contributed by atoms with van der Waals surface area (Å²) in [5.74, 6) is 1.47. The summed E-state index contributed by atoms with van der Waals surface area (Å²) in [4.78, 5) is 4.26. The van der Waals surface area contributed by atoms with Gasteiger partial charge in [-0.2, -0.15) is 5.10 Å². The summed E-state index contributed by atoms with van der Waals surface area (Å²) >= 11 is 0. The Balaban J connectivity index is 4.62. The van der Waals surface area contributed by atoms with E-state index in [2.05, 4.69) is 36.6 Å². The van der Waals surface area contributed by atoms with Gasteiger partial charge in [-0.1, -0.05) is 26.5 Å². The van der Waals surface area contributed by atoms with E-state index in [9.17, 15) is 0 Å². The molecule has 0 amide bonds. The maximum Gasteiger partial charge on any atom is 0.144 e. The second-order valence-electron chi connectivity index (χ2n) is 3.60. The van der Waals surface area contributed by atoms with Crippen molar-refractivity contribution < 1.29 is 0 Å². The maximum absolute atomic E-state index is 4.26. The third-order valence-electron chi connectivity index (χ3n) is 1.70. The highest BCUT2D eigenvalue weighted by molar-refractivity contribution is 5.71. The summed E-state index contributed by atoms with van der Waals surface area (Å²) in [7, 11) is 1.88. The van der Waals surface area contributed by atoms with E-state index in [0.29, 0.717) is 5.92 Å². The van der Waals surface area contributed by atoms with Crippen LogP contribution in [0.2, 0.25) is 0 Å². The van der Waals surface area contributed by atoms with E-state index in [4.69, 9.17) is 0 Å². The Kier molecular flexibility index (Phi) is 7.24. The lowest BCUT2D eigenvalue weighted by Crippen LogP contribution is -2.09. The zero-order valence-corrected chi connectivity index (χ0v) is 10.1. The predicted octanol–water partition coefficient (Wildman–Crippen LogP) is 3.07. The number of aliphatic imine (C=N–C) groups is 1. The highest BCUT2D eigenvalue weighted by Crippen LogP contribution is 2.09. The minimum absolute atomic E-state index is 0.623. The minimum Gasteiger partial charge on any atom is -0.252 e. The summed E-state index contributed by atoms with van der Waals surface area (Å²) < 4.78 is 0. The number of rotatable bonds is 6. The normalized spacial score (nSPS) is 13.0. The van der Waals surface area contributed by atoms with Crippen molar-refractivity contribution in [3.05, 3.63) is 24.6 Å². The van der Waals surface area contributed by atoms with E-state index in [1.807, 2.05) is 14.0 Å². The molecular weight excluding hydrogens is 186 g/mol. The van der Waals surface area contributed by atoms with E-state index in [1.165, 1.54) is 0 Å². The average molecular weight is 207 g/mol. The van der Waals surface area contributed by atoms with Gasteiger partial charge in [-0.3, -0.25) is 5.01 Å². The largest absolute Gasteiger partial charge is 0.252 e. The van der Waals surface area contributed by atoms with E-state index in [-0.39, 0.29) is 0 Å². The lowest BCUT2D eigenvalue weighted by Gasteiger charge is -2.13. The van der Waals surface area contributed by atoms with Gasteiger partial charge in [0.25, 0.3) is 0 Å². The summed E-state index contributed by atoms with van der Waals surface area (Å²) in [6.45, 7) is 9.83. The van der Waals surface area contributed by atoms with Crippen LogP contribution in [-0.2, 0) is 0 Å². The van der Waals surface area contributed by atoms with Gasteiger partial charge in [-0.05, 0) is 25.3 Å². The Morgan fingerprint density at radius 2 is 2.13 bits per heavy atom. The van der Waals surface area contributed by atoms with Crippen LogP contribution in [0.15, 0.2) is 34.6 Å². The summed E-state index contributed by atoms with van der Waals surface area (Å²) in [5, 5.41) is 5.90. The van der Waals surface area contributed by atoms with Gasteiger partial charge in [0.15, 0.2) is 0 Å². The van der Waals surface area contributed by atoms with Crippen LogP contribution in [0.1, 0.15) is 27.2 Å². The van der Waals surface area contributed by atoms with Crippen LogP contribution in [0.25, 0.3) is 0 Å². The van der Waals surface area contributed by atoms with Crippen molar-refractivity contribution in [2.45, 2.75) is 27.2 Å². The van der Waals surface area contributed by atoms with Crippen molar-refractivity contribution >= 4 is 12.4 Å². The fraction of sp³-hybridized carbons (Fsp3) is 0.500. The molecule has 0 aliphatic heterocycles. The molecule has 0 aliphatic rings. The highest BCUT2D eigenvalue weighted by atomic mass is 15.5. The smallest absolute Gasteiger partial charge is 0.144 e. The molecule has 3 nitrogen and oxygen atoms in total. The van der Waals surface area contributed by atoms with E-state index in [0.717, 1.165) is 12.2 Å². The summed E-state index contributed by atoms with van der Waals surface area (Å²) in [5.41, 5.74) is 0. The van der Waals surface area contributed by atoms with Gasteiger partial charge >= 0.3 is 0 Å². The molecule has 0 saturated heterocycles. The van der Waals surface area contributed by atoms with Crippen LogP contribution in [0.3, 0.4) is 0 Å². The minimum atomic E-state index is 0.623. The molecule has 0 radical (unpaired) electrons. The molecular formula is C12H21N3. The van der Waals surface area contributed by atoms with Crippen LogP contribution in [-0.4, -0.2) is 24.5 Å². The molecule has 0 bridgehead atoms. The lowest BCUT2D eigenvalue weighted by atomic mass is 10.1. The van der Waals surface area contributed by atoms with Gasteiger partial charge in [0.05, 0.1) is 0 Å². The van der Waals surface area contributed by atoms with E-state index < -0.39 is 0 Å². The van der Waals surface area contributed by atoms with Crippen LogP contribution in [0.5, 0.6) is 0 Å². The Hall–Kier alpha value is -1.38. The molecule has 0 aromatic carbocycles. The zero-order valence-electron chi connectivity index (χ0n) is 10.1. The molecule has 0 aliphatic carbocycles. The zero-order chi connectivity index (χ0) is 11.7. The number of nitrogens with zero attached hydrogens (tertiary/aromatic N) is 3. The van der Waals surface area contributed by atoms with Gasteiger partial charge in [0, 0.05) is 19.5 Å². The fourth-order valence-corrected chi connectivity index (χ4v) is 0.971. The van der Waals surface area contributed by atoms with Crippen molar-refractivity contribution in [1.82, 2.24) is 5.01 Å². The van der Waals surface area contributed by atoms with Crippen molar-refractivity contribution in [1.29, 1.82) is 0 Å². The molecule has 0 aromatic rings. The fourth-order valence-electron chi connectivity index (χ4n) is 0.971. The SMILES string of the molecule is C=C/C=N\C(=C\CC(C)C)N(C)/N=C\C. The second kappa shape index (κ2) is 7.97. The Labute approximate surface area is 92.9 Å². The van der Waals surface area contributed by atoms with Crippen molar-refractivity contribution in [2.24, 2.45) is 16.0 Å². The Morgan fingerprint density at radius 1 is 1.47 bits per heavy atom. The summed E-state index contributed by atoms with van der Waals surface area (Å²) in [6, 6.07) is 0. The van der Waals surface area contributed by atoms with Gasteiger partial charge < -0.3 is 0 Å². The second-order valence-corrected chi connectivity index (χ2v) is 3.60. The van der Waals surface area contributed by atoms with Crippen LogP contribution >= 0.6 is 0 Å². The highest BCUT2D eigenvalue weighted by Gasteiger charge is 1.99. The number of hydrogen-bond acceptors (Lipinski definition) is 3. The molecule has 0 rings (SSSR count). The topological polar surface area (TPSA) is 28.0 Å². The average Bonchev–Trinajstić information content (AvgIpc) is 2.17. The van der Waals surface area contributed by atoms with Gasteiger partial charge in [0.1, 0.15) is 5.82 Å². The van der Waals surface area contributed by atoms with Gasteiger partial charge in [0.2, 0.25) is 0 Å². The number of hydrogen-bond donors (Lipinski definition) is 0. The first-order chi connectivity index (χ1) is 7.11. The molecule has 0 unspecified atom stereocenters. The van der Waals surface area contributed by atoms with E-state index in [1.54, 1.807) is 23.5 Å². The first-order valence-corrected chi connectivity index (χ1v) is 5.19. The van der Waals surface area contributed by atoms with Gasteiger partial charge in [-0.15, -0.1) is 0 Å². The standard InChI is InChI=1S/C12H21N3/c1-6-10-13-12(9-8-11(3)4)15(5)14-7-2/h6-7,9-11H,1,8H2,2-5H3/b12-9-,13-10-,14-7-. The molecule has 84 valence electrons. The lowest BCUT2D eigenvalue weighted by molar-refractivity contribution is 0.439. The monoisotopic (exact) mass is 207 g/mol. The molecule has 0 spiro atoms. The molecule has 0 heterocycles. The van der Waals surface area contributed by atoms with Crippen molar-refractivity contribution in [3.63, 3.8) is 0 Å². The molecule has 0 saturated carbocycles. The Bertz CT molecular complexity index is 262. The van der Waals surface area contributed by atoms with Crippen LogP contribution in [0.4, 0.5) is 0 Å². The van der Waals surface area contributed by atoms with Crippen LogP contribution in [0, 0.1) is 5.92 Å². The molecule has 0 fully saturated rings. The molecule has 0 aromatic heterocycles. The van der Waals surface area contributed by atoms with Gasteiger partial charge in [-0.25, -0.2) is 4.99 Å². The molecule has 3 heteroatoms. The number of hydrazone groups is 1. The first-order valence-electron chi connectivity index (χ1n) is 5.19. The number of allylic oxidation sites excluding steroid dienone is 2. The first kappa shape index (κ1) is 13.6.